The molecule has 29 heavy (non-hydrogen) atoms. The Hall–Kier alpha value is -3.08. The van der Waals surface area contributed by atoms with Gasteiger partial charge in [0.25, 0.3) is 0 Å². The second kappa shape index (κ2) is 7.07. The van der Waals surface area contributed by atoms with E-state index in [2.05, 4.69) is 14.7 Å². The molecule has 0 fully saturated rings. The molecule has 1 heterocycles. The van der Waals surface area contributed by atoms with Crippen molar-refractivity contribution in [1.82, 2.24) is 9.97 Å². The van der Waals surface area contributed by atoms with Gasteiger partial charge in [-0.05, 0) is 24.1 Å². The Morgan fingerprint density at radius 2 is 1.00 bits per heavy atom. The molecule has 11 heteroatoms. The summed E-state index contributed by atoms with van der Waals surface area (Å²) >= 11 is 0.744. The van der Waals surface area contributed by atoms with Gasteiger partial charge in [0.1, 0.15) is 27.8 Å². The molecular weight excluding hydrogens is 423 g/mol. The van der Waals surface area contributed by atoms with Crippen molar-refractivity contribution in [1.29, 1.82) is 0 Å². The van der Waals surface area contributed by atoms with Gasteiger partial charge in [-0.25, -0.2) is 40.7 Å². The highest BCUT2D eigenvalue weighted by Crippen LogP contribution is 2.34. The van der Waals surface area contributed by atoms with Gasteiger partial charge in [0, 0.05) is 4.90 Å². The van der Waals surface area contributed by atoms with Gasteiger partial charge in [-0.3, -0.25) is 0 Å². The second-order valence-corrected chi connectivity index (χ2v) is 6.59. The van der Waals surface area contributed by atoms with Gasteiger partial charge in [0.05, 0.1) is 0 Å². The van der Waals surface area contributed by atoms with Crippen LogP contribution in [0.3, 0.4) is 0 Å². The largest absolute Gasteiger partial charge is 0.321 e. The molecular formula is C18H6F7N3S. The molecule has 0 radical (unpaired) electrons. The molecule has 0 atom stereocenters. The van der Waals surface area contributed by atoms with Crippen molar-refractivity contribution >= 4 is 39.7 Å². The van der Waals surface area contributed by atoms with E-state index < -0.39 is 68.5 Å². The first-order valence-electron chi connectivity index (χ1n) is 7.79. The molecule has 4 aromatic rings. The maximum absolute atomic E-state index is 14.8. The van der Waals surface area contributed by atoms with Gasteiger partial charge in [0.2, 0.25) is 0 Å². The molecule has 0 saturated carbocycles. The second-order valence-electron chi connectivity index (χ2n) is 5.71. The number of aromatic nitrogens is 2. The van der Waals surface area contributed by atoms with E-state index in [0.29, 0.717) is 4.90 Å². The fourth-order valence-corrected chi connectivity index (χ4v) is 3.26. The fourth-order valence-electron chi connectivity index (χ4n) is 2.56. The van der Waals surface area contributed by atoms with E-state index in [-0.39, 0.29) is 0 Å². The zero-order chi connectivity index (χ0) is 20.9. The molecule has 3 aromatic carbocycles. The highest BCUT2D eigenvalue weighted by molar-refractivity contribution is 8.00. The van der Waals surface area contributed by atoms with Crippen LogP contribution in [0, 0.1) is 40.7 Å². The normalized spacial score (nSPS) is 11.4. The monoisotopic (exact) mass is 429 g/mol. The van der Waals surface area contributed by atoms with Crippen LogP contribution in [-0.4, -0.2) is 9.97 Å². The van der Waals surface area contributed by atoms with Crippen molar-refractivity contribution in [2.45, 2.75) is 4.90 Å². The Labute approximate surface area is 161 Å². The van der Waals surface area contributed by atoms with E-state index in [1.807, 2.05) is 0 Å². The molecule has 0 aliphatic heterocycles. The van der Waals surface area contributed by atoms with Crippen molar-refractivity contribution in [2.24, 2.45) is 0 Å². The lowest BCUT2D eigenvalue weighted by molar-refractivity contribution is 0.416. The van der Waals surface area contributed by atoms with Gasteiger partial charge in [0.15, 0.2) is 40.7 Å². The summed E-state index contributed by atoms with van der Waals surface area (Å²) in [7, 11) is 0. The van der Waals surface area contributed by atoms with Crippen LogP contribution >= 0.6 is 11.9 Å². The first-order valence-corrected chi connectivity index (χ1v) is 8.60. The number of fused-ring (bicyclic) bond motifs is 2. The Bertz CT molecular complexity index is 1280. The highest BCUT2D eigenvalue weighted by atomic mass is 32.2. The fraction of sp³-hybridized carbons (Fsp3) is 0. The maximum Gasteiger partial charge on any atom is 0.199 e. The molecule has 3 nitrogen and oxygen atoms in total. The molecule has 1 N–H and O–H groups in total. The van der Waals surface area contributed by atoms with Crippen LogP contribution < -0.4 is 4.72 Å². The lowest BCUT2D eigenvalue weighted by atomic mass is 10.2. The molecule has 148 valence electrons. The lowest BCUT2D eigenvalue weighted by Crippen LogP contribution is -2.06. The molecule has 0 aliphatic carbocycles. The summed E-state index contributed by atoms with van der Waals surface area (Å²) in [5.41, 5.74) is -5.42. The Balaban J connectivity index is 1.95. The lowest BCUT2D eigenvalue weighted by Gasteiger charge is -2.12. The summed E-state index contributed by atoms with van der Waals surface area (Å²) in [5, 5.41) is 0. The van der Waals surface area contributed by atoms with E-state index in [0.717, 1.165) is 11.9 Å². The van der Waals surface area contributed by atoms with Crippen molar-refractivity contribution in [3.63, 3.8) is 0 Å². The van der Waals surface area contributed by atoms with E-state index in [4.69, 9.17) is 0 Å². The van der Waals surface area contributed by atoms with E-state index in [9.17, 15) is 30.7 Å². The third-order valence-electron chi connectivity index (χ3n) is 3.95. The standard InChI is InChI=1S/C18H6F7N3S/c19-7-8(20)10(22)16-15(9(7)21)26-17-12(24)11(23)14(13(25)18(17)27-16)28-29-6-4-2-1-3-5-6/h1-5,28H. The van der Waals surface area contributed by atoms with Crippen molar-refractivity contribution in [2.75, 3.05) is 4.72 Å². The summed E-state index contributed by atoms with van der Waals surface area (Å²) in [6.45, 7) is 0. The van der Waals surface area contributed by atoms with Crippen LogP contribution in [0.25, 0.3) is 22.1 Å². The summed E-state index contributed by atoms with van der Waals surface area (Å²) in [6, 6.07) is 8.22. The van der Waals surface area contributed by atoms with Crippen LogP contribution in [0.15, 0.2) is 35.2 Å². The van der Waals surface area contributed by atoms with Crippen LogP contribution in [0.2, 0.25) is 0 Å². The number of halogens is 7. The predicted molar refractivity (Wildman–Crippen MR) is 92.7 cm³/mol. The zero-order valence-electron chi connectivity index (χ0n) is 13.8. The Morgan fingerprint density at radius 1 is 0.552 bits per heavy atom. The minimum atomic E-state index is -2.21. The minimum Gasteiger partial charge on any atom is -0.321 e. The smallest absolute Gasteiger partial charge is 0.199 e. The molecule has 1 aromatic heterocycles. The highest BCUT2D eigenvalue weighted by Gasteiger charge is 2.27. The van der Waals surface area contributed by atoms with E-state index >= 15 is 0 Å². The van der Waals surface area contributed by atoms with E-state index in [1.165, 1.54) is 0 Å². The summed E-state index contributed by atoms with van der Waals surface area (Å²) in [6.07, 6.45) is 0. The number of hydrogen-bond acceptors (Lipinski definition) is 4. The first-order chi connectivity index (χ1) is 13.8. The molecule has 0 saturated heterocycles. The molecule has 0 amide bonds. The third kappa shape index (κ3) is 3.01. The summed E-state index contributed by atoms with van der Waals surface area (Å²) < 4.78 is 101. The number of nitrogens with one attached hydrogen (secondary N) is 1. The number of anilines is 1. The average Bonchev–Trinajstić information content (AvgIpc) is 2.74. The van der Waals surface area contributed by atoms with Crippen LogP contribution in [-0.2, 0) is 0 Å². The number of hydrogen-bond donors (Lipinski definition) is 1. The molecule has 0 aliphatic rings. The number of nitrogens with zero attached hydrogens (tertiary/aromatic N) is 2. The van der Waals surface area contributed by atoms with Gasteiger partial charge >= 0.3 is 0 Å². The van der Waals surface area contributed by atoms with Crippen LogP contribution in [0.5, 0.6) is 0 Å². The summed E-state index contributed by atoms with van der Waals surface area (Å²) in [4.78, 5) is 7.12. The van der Waals surface area contributed by atoms with Gasteiger partial charge < -0.3 is 4.72 Å². The number of rotatable bonds is 3. The minimum absolute atomic E-state index is 0.530. The molecule has 0 spiro atoms. The molecule has 0 unspecified atom stereocenters. The van der Waals surface area contributed by atoms with Crippen LogP contribution in [0.4, 0.5) is 36.4 Å². The summed E-state index contributed by atoms with van der Waals surface area (Å²) in [5.74, 6) is -13.2. The zero-order valence-corrected chi connectivity index (χ0v) is 14.7. The average molecular weight is 429 g/mol. The quantitative estimate of drug-likeness (QED) is 0.145. The van der Waals surface area contributed by atoms with Gasteiger partial charge in [-0.1, -0.05) is 18.2 Å². The van der Waals surface area contributed by atoms with Gasteiger partial charge in [-0.2, -0.15) is 0 Å². The predicted octanol–water partition coefficient (Wildman–Crippen LogP) is 5.88. The Morgan fingerprint density at radius 3 is 1.52 bits per heavy atom. The van der Waals surface area contributed by atoms with E-state index in [1.54, 1.807) is 30.3 Å². The maximum atomic E-state index is 14.8. The molecule has 0 bridgehead atoms. The first kappa shape index (κ1) is 19.2. The third-order valence-corrected chi connectivity index (χ3v) is 4.77. The number of benzene rings is 3. The van der Waals surface area contributed by atoms with Crippen molar-refractivity contribution in [3.05, 3.63) is 71.1 Å². The molecule has 4 rings (SSSR count). The van der Waals surface area contributed by atoms with Crippen molar-refractivity contribution < 1.29 is 30.7 Å². The topological polar surface area (TPSA) is 37.8 Å². The van der Waals surface area contributed by atoms with Crippen LogP contribution in [0.1, 0.15) is 0 Å². The van der Waals surface area contributed by atoms with Crippen molar-refractivity contribution in [3.8, 4) is 0 Å². The van der Waals surface area contributed by atoms with Gasteiger partial charge in [-0.15, -0.1) is 0 Å². The SMILES string of the molecule is Fc1c(F)c(F)c2nc3c(F)c(NSc4ccccc4)c(F)c(F)c3nc2c1F. The Kier molecular flexibility index (Phi) is 4.69.